The molecular weight excluding hydrogens is 294 g/mol. The van der Waals surface area contributed by atoms with Gasteiger partial charge in [-0.15, -0.1) is 11.3 Å². The zero-order valence-corrected chi connectivity index (χ0v) is 14.4. The Hall–Kier alpha value is -0.430. The highest BCUT2D eigenvalue weighted by Crippen LogP contribution is 2.29. The van der Waals surface area contributed by atoms with E-state index >= 15 is 0 Å². The fourth-order valence-electron chi connectivity index (χ4n) is 2.13. The Morgan fingerprint density at radius 2 is 1.90 bits per heavy atom. The Kier molecular flexibility index (Phi) is 6.64. The Morgan fingerprint density at radius 3 is 2.30 bits per heavy atom. The van der Waals surface area contributed by atoms with Gasteiger partial charge in [0.2, 0.25) is 0 Å². The van der Waals surface area contributed by atoms with Crippen molar-refractivity contribution >= 4 is 21.4 Å². The van der Waals surface area contributed by atoms with Gasteiger partial charge in [-0.3, -0.25) is 0 Å². The highest BCUT2D eigenvalue weighted by molar-refractivity contribution is 7.91. The minimum absolute atomic E-state index is 0.106. The van der Waals surface area contributed by atoms with Crippen LogP contribution in [0.3, 0.4) is 0 Å². The molecule has 0 saturated carbocycles. The van der Waals surface area contributed by atoms with Crippen molar-refractivity contribution in [1.29, 1.82) is 0 Å². The summed E-state index contributed by atoms with van der Waals surface area (Å²) in [6.07, 6.45) is 1.96. The summed E-state index contributed by atoms with van der Waals surface area (Å²) < 4.78 is 27.2. The van der Waals surface area contributed by atoms with E-state index in [9.17, 15) is 13.5 Å². The number of aliphatic hydroxyl groups is 1. The fourth-order valence-corrected chi connectivity index (χ4v) is 5.26. The molecule has 116 valence electrons. The Morgan fingerprint density at radius 1 is 1.30 bits per heavy atom. The summed E-state index contributed by atoms with van der Waals surface area (Å²) in [6, 6.07) is 1.67. The van der Waals surface area contributed by atoms with Gasteiger partial charge in [0.15, 0.2) is 0 Å². The molecule has 0 aliphatic heterocycles. The summed E-state index contributed by atoms with van der Waals surface area (Å²) in [4.78, 5) is 0.724. The third kappa shape index (κ3) is 3.81. The average Bonchev–Trinajstić information content (AvgIpc) is 2.82. The lowest BCUT2D eigenvalue weighted by Crippen LogP contribution is -2.34. The zero-order chi connectivity index (χ0) is 15.3. The third-order valence-electron chi connectivity index (χ3n) is 3.70. The lowest BCUT2D eigenvalue weighted by molar-refractivity contribution is 0.285. The molecule has 0 fully saturated rings. The largest absolute Gasteiger partial charge is 0.391 e. The maximum absolute atomic E-state index is 12.7. The van der Waals surface area contributed by atoms with Crippen molar-refractivity contribution < 1.29 is 13.5 Å². The Labute approximate surface area is 126 Å². The molecule has 0 spiro atoms. The normalized spacial score (nSPS) is 12.6. The van der Waals surface area contributed by atoms with Crippen LogP contribution >= 0.6 is 11.3 Å². The maximum atomic E-state index is 12.7. The molecule has 0 atom stereocenters. The standard InChI is InChI=1S/C14H25NO3S2/c1-5-12(6-2)9-15(7-3)20(17,18)14-8-11(4)13(10-16)19-14/h8,12,16H,5-7,9-10H2,1-4H3. The van der Waals surface area contributed by atoms with Crippen LogP contribution in [-0.4, -0.2) is 30.9 Å². The highest BCUT2D eigenvalue weighted by Gasteiger charge is 2.27. The second kappa shape index (κ2) is 7.54. The molecule has 0 bridgehead atoms. The molecule has 0 aromatic carbocycles. The molecule has 0 amide bonds. The molecule has 0 unspecified atom stereocenters. The first kappa shape index (κ1) is 17.6. The van der Waals surface area contributed by atoms with Crippen LogP contribution in [0.15, 0.2) is 10.3 Å². The molecule has 0 saturated heterocycles. The van der Waals surface area contributed by atoms with E-state index in [4.69, 9.17) is 0 Å². The van der Waals surface area contributed by atoms with Crippen LogP contribution in [0.25, 0.3) is 0 Å². The SMILES string of the molecule is CCC(CC)CN(CC)S(=O)(=O)c1cc(C)c(CO)s1. The Bertz CT molecular complexity index is 519. The highest BCUT2D eigenvalue weighted by atomic mass is 32.2. The fraction of sp³-hybridized carbons (Fsp3) is 0.714. The summed E-state index contributed by atoms with van der Waals surface area (Å²) in [5, 5.41) is 9.22. The van der Waals surface area contributed by atoms with Crippen molar-refractivity contribution in [2.45, 2.75) is 51.4 Å². The zero-order valence-electron chi connectivity index (χ0n) is 12.7. The number of sulfonamides is 1. The van der Waals surface area contributed by atoms with Gasteiger partial charge in [0.1, 0.15) is 4.21 Å². The molecule has 1 N–H and O–H groups in total. The van der Waals surface area contributed by atoms with E-state index in [1.54, 1.807) is 10.4 Å². The van der Waals surface area contributed by atoms with Crippen LogP contribution in [0.5, 0.6) is 0 Å². The molecule has 0 aliphatic carbocycles. The number of hydrogen-bond donors (Lipinski definition) is 1. The molecule has 1 rings (SSSR count). The molecule has 6 heteroatoms. The van der Waals surface area contributed by atoms with E-state index < -0.39 is 10.0 Å². The van der Waals surface area contributed by atoms with Gasteiger partial charge >= 0.3 is 0 Å². The van der Waals surface area contributed by atoms with Crippen molar-refractivity contribution in [3.8, 4) is 0 Å². The molecule has 20 heavy (non-hydrogen) atoms. The minimum atomic E-state index is -3.44. The van der Waals surface area contributed by atoms with Crippen LogP contribution < -0.4 is 0 Å². The van der Waals surface area contributed by atoms with Crippen LogP contribution in [0.4, 0.5) is 0 Å². The number of nitrogens with zero attached hydrogens (tertiary/aromatic N) is 1. The summed E-state index contributed by atoms with van der Waals surface area (Å²) >= 11 is 1.17. The minimum Gasteiger partial charge on any atom is -0.391 e. The van der Waals surface area contributed by atoms with E-state index in [1.807, 2.05) is 13.8 Å². The summed E-state index contributed by atoms with van der Waals surface area (Å²) in [5.41, 5.74) is 0.842. The van der Waals surface area contributed by atoms with Gasteiger partial charge in [-0.1, -0.05) is 33.6 Å². The number of thiophene rings is 1. The van der Waals surface area contributed by atoms with E-state index in [0.29, 0.717) is 23.2 Å². The van der Waals surface area contributed by atoms with Crippen LogP contribution in [-0.2, 0) is 16.6 Å². The third-order valence-corrected chi connectivity index (χ3v) is 7.32. The van der Waals surface area contributed by atoms with Gasteiger partial charge in [-0.25, -0.2) is 8.42 Å². The first-order chi connectivity index (χ1) is 9.40. The summed E-state index contributed by atoms with van der Waals surface area (Å²) in [6.45, 7) is 8.82. The number of hydrogen-bond acceptors (Lipinski definition) is 4. The second-order valence-corrected chi connectivity index (χ2v) is 8.27. The second-order valence-electron chi connectivity index (χ2n) is 4.97. The number of aliphatic hydroxyl groups excluding tert-OH is 1. The maximum Gasteiger partial charge on any atom is 0.252 e. The molecule has 1 aromatic rings. The van der Waals surface area contributed by atoms with Gasteiger partial charge in [-0.05, 0) is 24.5 Å². The average molecular weight is 319 g/mol. The summed E-state index contributed by atoms with van der Waals surface area (Å²) in [7, 11) is -3.44. The molecule has 0 radical (unpaired) electrons. The van der Waals surface area contributed by atoms with Crippen LogP contribution in [0, 0.1) is 12.8 Å². The van der Waals surface area contributed by atoms with Crippen molar-refractivity contribution in [2.75, 3.05) is 13.1 Å². The topological polar surface area (TPSA) is 57.6 Å². The molecule has 1 heterocycles. The van der Waals surface area contributed by atoms with Crippen LogP contribution in [0.2, 0.25) is 0 Å². The molecule has 4 nitrogen and oxygen atoms in total. The predicted molar refractivity (Wildman–Crippen MR) is 83.5 cm³/mol. The van der Waals surface area contributed by atoms with Gasteiger partial charge in [0, 0.05) is 18.0 Å². The molecular formula is C14H25NO3S2. The van der Waals surface area contributed by atoms with E-state index in [0.717, 1.165) is 23.3 Å². The molecule has 1 aromatic heterocycles. The van der Waals surface area contributed by atoms with Gasteiger partial charge in [0.25, 0.3) is 10.0 Å². The Balaban J connectivity index is 3.05. The van der Waals surface area contributed by atoms with Gasteiger partial charge in [-0.2, -0.15) is 4.31 Å². The van der Waals surface area contributed by atoms with E-state index in [-0.39, 0.29) is 6.61 Å². The number of aryl methyl sites for hydroxylation is 1. The van der Waals surface area contributed by atoms with E-state index in [2.05, 4.69) is 13.8 Å². The van der Waals surface area contributed by atoms with E-state index in [1.165, 1.54) is 11.3 Å². The van der Waals surface area contributed by atoms with Crippen molar-refractivity contribution in [1.82, 2.24) is 4.31 Å². The lowest BCUT2D eigenvalue weighted by Gasteiger charge is -2.24. The smallest absolute Gasteiger partial charge is 0.252 e. The predicted octanol–water partition coefficient (Wildman–Crippen LogP) is 3.00. The number of rotatable bonds is 8. The summed E-state index contributed by atoms with van der Waals surface area (Å²) in [5.74, 6) is 0.392. The quantitative estimate of drug-likeness (QED) is 0.801. The van der Waals surface area contributed by atoms with Gasteiger partial charge in [0.05, 0.1) is 6.61 Å². The lowest BCUT2D eigenvalue weighted by atomic mass is 10.0. The van der Waals surface area contributed by atoms with Crippen molar-refractivity contribution in [2.24, 2.45) is 5.92 Å². The molecule has 0 aliphatic rings. The van der Waals surface area contributed by atoms with Gasteiger partial charge < -0.3 is 5.11 Å². The first-order valence-electron chi connectivity index (χ1n) is 7.10. The van der Waals surface area contributed by atoms with Crippen molar-refractivity contribution in [3.63, 3.8) is 0 Å². The monoisotopic (exact) mass is 319 g/mol. The van der Waals surface area contributed by atoms with Crippen molar-refractivity contribution in [3.05, 3.63) is 16.5 Å². The first-order valence-corrected chi connectivity index (χ1v) is 9.36. The van der Waals surface area contributed by atoms with Crippen LogP contribution in [0.1, 0.15) is 44.1 Å².